The van der Waals surface area contributed by atoms with E-state index in [1.807, 2.05) is 0 Å². The minimum absolute atomic E-state index is 0.308. The smallest absolute Gasteiger partial charge is 0.0342 e. The zero-order valence-corrected chi connectivity index (χ0v) is 11.7. The Morgan fingerprint density at radius 3 is 2.50 bits per heavy atom. The molecule has 1 aliphatic heterocycles. The van der Waals surface area contributed by atoms with Crippen LogP contribution < -0.4 is 5.73 Å². The highest BCUT2D eigenvalue weighted by molar-refractivity contribution is 4.90. The molecule has 0 bridgehead atoms. The van der Waals surface area contributed by atoms with Crippen LogP contribution in [0.1, 0.15) is 34.1 Å². The van der Waals surface area contributed by atoms with Crippen molar-refractivity contribution in [3.8, 4) is 0 Å². The molecule has 0 spiro atoms. The van der Waals surface area contributed by atoms with Crippen molar-refractivity contribution >= 4 is 0 Å². The average Bonchev–Trinajstić information content (AvgIpc) is 2.28. The molecule has 0 aromatic heterocycles. The predicted octanol–water partition coefficient (Wildman–Crippen LogP) is 1.39. The summed E-state index contributed by atoms with van der Waals surface area (Å²) in [6, 6.07) is 0.514. The van der Waals surface area contributed by atoms with Gasteiger partial charge in [-0.15, -0.1) is 0 Å². The van der Waals surface area contributed by atoms with Gasteiger partial charge in [0.15, 0.2) is 0 Å². The van der Waals surface area contributed by atoms with Crippen LogP contribution in [-0.4, -0.2) is 54.6 Å². The van der Waals surface area contributed by atoms with Gasteiger partial charge in [0.25, 0.3) is 0 Å². The van der Waals surface area contributed by atoms with E-state index in [4.69, 9.17) is 5.73 Å². The van der Waals surface area contributed by atoms with Crippen LogP contribution in [0.4, 0.5) is 0 Å². The molecule has 1 unspecified atom stereocenters. The van der Waals surface area contributed by atoms with Crippen LogP contribution in [-0.2, 0) is 0 Å². The fourth-order valence-corrected chi connectivity index (χ4v) is 2.45. The molecular formula is C13H29N3. The van der Waals surface area contributed by atoms with Crippen molar-refractivity contribution in [3.05, 3.63) is 0 Å². The van der Waals surface area contributed by atoms with Crippen molar-refractivity contribution in [2.24, 2.45) is 11.7 Å². The molecule has 0 aliphatic carbocycles. The average molecular weight is 227 g/mol. The first kappa shape index (κ1) is 13.9. The molecule has 16 heavy (non-hydrogen) atoms. The molecule has 1 heterocycles. The van der Waals surface area contributed by atoms with E-state index in [1.54, 1.807) is 0 Å². The minimum Gasteiger partial charge on any atom is -0.329 e. The lowest BCUT2D eigenvalue weighted by Gasteiger charge is -2.39. The highest BCUT2D eigenvalue weighted by Crippen LogP contribution is 2.24. The van der Waals surface area contributed by atoms with Crippen LogP contribution >= 0.6 is 0 Å². The van der Waals surface area contributed by atoms with E-state index >= 15 is 0 Å². The molecular weight excluding hydrogens is 198 g/mol. The molecule has 1 rings (SSSR count). The monoisotopic (exact) mass is 227 g/mol. The van der Waals surface area contributed by atoms with Crippen molar-refractivity contribution in [2.45, 2.75) is 45.7 Å². The first-order valence-corrected chi connectivity index (χ1v) is 6.52. The van der Waals surface area contributed by atoms with Crippen LogP contribution in [0.25, 0.3) is 0 Å². The molecule has 0 saturated carbocycles. The molecule has 3 nitrogen and oxygen atoms in total. The Morgan fingerprint density at radius 2 is 2.00 bits per heavy atom. The quantitative estimate of drug-likeness (QED) is 0.791. The van der Waals surface area contributed by atoms with Gasteiger partial charge in [-0.05, 0) is 39.8 Å². The Bertz CT molecular complexity index is 213. The third-order valence-electron chi connectivity index (χ3n) is 3.84. The Kier molecular flexibility index (Phi) is 4.77. The summed E-state index contributed by atoms with van der Waals surface area (Å²) in [5.74, 6) is 0.723. The van der Waals surface area contributed by atoms with Crippen molar-refractivity contribution in [1.82, 2.24) is 9.80 Å². The third-order valence-corrected chi connectivity index (χ3v) is 3.84. The first-order chi connectivity index (χ1) is 7.36. The van der Waals surface area contributed by atoms with Gasteiger partial charge in [0.05, 0.1) is 0 Å². The van der Waals surface area contributed by atoms with E-state index < -0.39 is 0 Å². The van der Waals surface area contributed by atoms with Gasteiger partial charge < -0.3 is 10.6 Å². The van der Waals surface area contributed by atoms with Gasteiger partial charge >= 0.3 is 0 Å². The number of rotatable bonds is 3. The van der Waals surface area contributed by atoms with Crippen LogP contribution in [0.3, 0.4) is 0 Å². The van der Waals surface area contributed by atoms with Gasteiger partial charge in [-0.2, -0.15) is 0 Å². The Morgan fingerprint density at radius 1 is 1.38 bits per heavy atom. The standard InChI is InChI=1S/C13H29N3/c1-11(2)9-16-10-12(8-14)15(5)7-6-13(16,3)4/h11-12H,6-10,14H2,1-5H3. The summed E-state index contributed by atoms with van der Waals surface area (Å²) in [5, 5.41) is 0. The van der Waals surface area contributed by atoms with Crippen molar-refractivity contribution in [1.29, 1.82) is 0 Å². The zero-order valence-electron chi connectivity index (χ0n) is 11.7. The maximum Gasteiger partial charge on any atom is 0.0342 e. The fraction of sp³-hybridized carbons (Fsp3) is 1.00. The third kappa shape index (κ3) is 3.44. The van der Waals surface area contributed by atoms with E-state index in [0.717, 1.165) is 25.6 Å². The van der Waals surface area contributed by atoms with Crippen LogP contribution in [0.2, 0.25) is 0 Å². The molecule has 96 valence electrons. The molecule has 0 radical (unpaired) electrons. The number of hydrogen-bond acceptors (Lipinski definition) is 3. The molecule has 1 aliphatic rings. The van der Waals surface area contributed by atoms with Gasteiger partial charge in [0, 0.05) is 31.2 Å². The molecule has 1 atom stereocenters. The molecule has 0 amide bonds. The van der Waals surface area contributed by atoms with Gasteiger partial charge in [-0.1, -0.05) is 13.8 Å². The maximum absolute atomic E-state index is 5.88. The lowest BCUT2D eigenvalue weighted by atomic mass is 9.97. The predicted molar refractivity (Wildman–Crippen MR) is 70.6 cm³/mol. The molecule has 2 N–H and O–H groups in total. The minimum atomic E-state index is 0.308. The van der Waals surface area contributed by atoms with Gasteiger partial charge in [0.2, 0.25) is 0 Å². The van der Waals surface area contributed by atoms with E-state index in [0.29, 0.717) is 11.6 Å². The number of hydrogen-bond donors (Lipinski definition) is 1. The van der Waals surface area contributed by atoms with Gasteiger partial charge in [-0.25, -0.2) is 0 Å². The van der Waals surface area contributed by atoms with Crippen molar-refractivity contribution in [3.63, 3.8) is 0 Å². The van der Waals surface area contributed by atoms with Crippen molar-refractivity contribution < 1.29 is 0 Å². The van der Waals surface area contributed by atoms with Gasteiger partial charge in [-0.3, -0.25) is 4.90 Å². The fourth-order valence-electron chi connectivity index (χ4n) is 2.45. The topological polar surface area (TPSA) is 32.5 Å². The van der Waals surface area contributed by atoms with E-state index in [9.17, 15) is 0 Å². The lowest BCUT2D eigenvalue weighted by molar-refractivity contribution is 0.101. The zero-order chi connectivity index (χ0) is 12.3. The SMILES string of the molecule is CC(C)CN1CC(CN)N(C)CCC1(C)C. The molecule has 0 aromatic carbocycles. The van der Waals surface area contributed by atoms with Crippen molar-refractivity contribution in [2.75, 3.05) is 33.2 Å². The summed E-state index contributed by atoms with van der Waals surface area (Å²) in [6.07, 6.45) is 1.23. The van der Waals surface area contributed by atoms with Crippen LogP contribution in [0.15, 0.2) is 0 Å². The summed E-state index contributed by atoms with van der Waals surface area (Å²) in [5.41, 5.74) is 6.18. The summed E-state index contributed by atoms with van der Waals surface area (Å²) < 4.78 is 0. The number of likely N-dealkylation sites (N-methyl/N-ethyl adjacent to an activating group) is 1. The van der Waals surface area contributed by atoms with E-state index in [1.165, 1.54) is 13.0 Å². The molecule has 1 saturated heterocycles. The summed E-state index contributed by atoms with van der Waals surface area (Å²) in [6.45, 7) is 13.5. The summed E-state index contributed by atoms with van der Waals surface area (Å²) in [7, 11) is 2.20. The Hall–Kier alpha value is -0.120. The maximum atomic E-state index is 5.88. The van der Waals surface area contributed by atoms with Crippen LogP contribution in [0, 0.1) is 5.92 Å². The van der Waals surface area contributed by atoms with Crippen LogP contribution in [0.5, 0.6) is 0 Å². The highest BCUT2D eigenvalue weighted by Gasteiger charge is 2.33. The lowest BCUT2D eigenvalue weighted by Crippen LogP contribution is -2.49. The second-order valence-electron chi connectivity index (χ2n) is 6.23. The normalized spacial score (nSPS) is 28.3. The second kappa shape index (κ2) is 5.48. The largest absolute Gasteiger partial charge is 0.329 e. The van der Waals surface area contributed by atoms with E-state index in [2.05, 4.69) is 44.5 Å². The summed E-state index contributed by atoms with van der Waals surface area (Å²) >= 11 is 0. The Labute approximate surface area is 101 Å². The number of nitrogens with two attached hydrogens (primary N) is 1. The molecule has 0 aromatic rings. The summed E-state index contributed by atoms with van der Waals surface area (Å²) in [4.78, 5) is 5.04. The van der Waals surface area contributed by atoms with E-state index in [-0.39, 0.29) is 0 Å². The highest BCUT2D eigenvalue weighted by atomic mass is 15.3. The van der Waals surface area contributed by atoms with Gasteiger partial charge in [0.1, 0.15) is 0 Å². The Balaban J connectivity index is 2.75. The second-order valence-corrected chi connectivity index (χ2v) is 6.23. The molecule has 1 fully saturated rings. The first-order valence-electron chi connectivity index (χ1n) is 6.52. The number of nitrogens with zero attached hydrogens (tertiary/aromatic N) is 2. The molecule has 3 heteroatoms.